The number of nitrogens with zero attached hydrogens (tertiary/aromatic N) is 1. The van der Waals surface area contributed by atoms with Crippen LogP contribution in [0.3, 0.4) is 0 Å². The van der Waals surface area contributed by atoms with E-state index in [1.165, 1.54) is 12.3 Å². The maximum Gasteiger partial charge on any atom is 0.236 e. The molecule has 5 nitrogen and oxygen atoms in total. The van der Waals surface area contributed by atoms with E-state index in [0.29, 0.717) is 0 Å². The first-order chi connectivity index (χ1) is 5.20. The van der Waals surface area contributed by atoms with Crippen LogP contribution >= 0.6 is 0 Å². The Morgan fingerprint density at radius 3 is 3.00 bits per heavy atom. The summed E-state index contributed by atoms with van der Waals surface area (Å²) in [6.45, 7) is -0.520. The minimum absolute atomic E-state index is 0.224. The van der Waals surface area contributed by atoms with Crippen LogP contribution in [0.1, 0.15) is 11.9 Å². The van der Waals surface area contributed by atoms with Crippen molar-refractivity contribution >= 4 is 0 Å². The highest BCUT2D eigenvalue weighted by Crippen LogP contribution is 2.12. The van der Waals surface area contributed by atoms with Gasteiger partial charge in [0.2, 0.25) is 6.54 Å². The fourth-order valence-corrected chi connectivity index (χ4v) is 0.712. The van der Waals surface area contributed by atoms with Crippen molar-refractivity contribution in [3.05, 3.63) is 34.3 Å². The second kappa shape index (κ2) is 3.16. The molecule has 1 aromatic rings. The van der Waals surface area contributed by atoms with Crippen molar-refractivity contribution in [2.75, 3.05) is 6.54 Å². The first-order valence-electron chi connectivity index (χ1n) is 3.03. The molecule has 0 aliphatic carbocycles. The zero-order chi connectivity index (χ0) is 8.27. The molecule has 0 saturated heterocycles. The molecule has 0 spiro atoms. The first-order valence-corrected chi connectivity index (χ1v) is 3.03. The van der Waals surface area contributed by atoms with E-state index in [0.717, 1.165) is 0 Å². The maximum absolute atomic E-state index is 9.91. The number of rotatable bonds is 3. The lowest BCUT2D eigenvalue weighted by molar-refractivity contribution is -0.492. The Morgan fingerprint density at radius 2 is 2.55 bits per heavy atom. The predicted molar refractivity (Wildman–Crippen MR) is 35.5 cm³/mol. The van der Waals surface area contributed by atoms with Gasteiger partial charge in [0.05, 0.1) is 6.26 Å². The van der Waals surface area contributed by atoms with Crippen LogP contribution in [0.15, 0.2) is 22.8 Å². The molecule has 1 heterocycles. The first kappa shape index (κ1) is 7.74. The van der Waals surface area contributed by atoms with E-state index >= 15 is 0 Å². The van der Waals surface area contributed by atoms with E-state index in [2.05, 4.69) is 0 Å². The van der Waals surface area contributed by atoms with Crippen LogP contribution in [0.25, 0.3) is 0 Å². The zero-order valence-electron chi connectivity index (χ0n) is 5.64. The summed E-state index contributed by atoms with van der Waals surface area (Å²) in [6, 6.07) is 3.06. The fourth-order valence-electron chi connectivity index (χ4n) is 0.712. The minimum Gasteiger partial charge on any atom is -0.466 e. The molecule has 0 bridgehead atoms. The molecule has 11 heavy (non-hydrogen) atoms. The molecular weight excluding hydrogens is 150 g/mol. The van der Waals surface area contributed by atoms with Gasteiger partial charge in [-0.1, -0.05) is 0 Å². The largest absolute Gasteiger partial charge is 0.466 e. The predicted octanol–water partition coefficient (Wildman–Crippen LogP) is 0.590. The normalized spacial score (nSPS) is 12.8. The second-order valence-electron chi connectivity index (χ2n) is 2.05. The molecule has 1 N–H and O–H groups in total. The van der Waals surface area contributed by atoms with Gasteiger partial charge in [0, 0.05) is 4.92 Å². The summed E-state index contributed by atoms with van der Waals surface area (Å²) < 4.78 is 4.74. The van der Waals surface area contributed by atoms with Gasteiger partial charge < -0.3 is 9.52 Å². The van der Waals surface area contributed by atoms with Gasteiger partial charge in [-0.3, -0.25) is 10.1 Å². The van der Waals surface area contributed by atoms with Crippen molar-refractivity contribution in [2.45, 2.75) is 6.10 Å². The molecule has 0 fully saturated rings. The molecule has 0 aromatic carbocycles. The summed E-state index contributed by atoms with van der Waals surface area (Å²) >= 11 is 0. The lowest BCUT2D eigenvalue weighted by Gasteiger charge is -1.99. The Bertz CT molecular complexity index is 231. The zero-order valence-corrected chi connectivity index (χ0v) is 5.64. The highest BCUT2D eigenvalue weighted by atomic mass is 16.6. The van der Waals surface area contributed by atoms with Gasteiger partial charge in [-0.15, -0.1) is 0 Å². The van der Waals surface area contributed by atoms with Crippen molar-refractivity contribution in [2.24, 2.45) is 0 Å². The molecule has 0 radical (unpaired) electrons. The smallest absolute Gasteiger partial charge is 0.236 e. The fraction of sp³-hybridized carbons (Fsp3) is 0.333. The Labute approximate surface area is 62.4 Å². The van der Waals surface area contributed by atoms with Crippen LogP contribution in [-0.2, 0) is 0 Å². The quantitative estimate of drug-likeness (QED) is 0.514. The third-order valence-electron chi connectivity index (χ3n) is 1.19. The summed E-state index contributed by atoms with van der Waals surface area (Å²) in [6.07, 6.45) is 0.221. The van der Waals surface area contributed by atoms with Gasteiger partial charge >= 0.3 is 0 Å². The van der Waals surface area contributed by atoms with Crippen LogP contribution < -0.4 is 0 Å². The van der Waals surface area contributed by atoms with Crippen molar-refractivity contribution < 1.29 is 14.4 Å². The molecule has 0 aliphatic rings. The minimum atomic E-state index is -1.14. The van der Waals surface area contributed by atoms with E-state index < -0.39 is 17.6 Å². The number of hydrogen-bond donors (Lipinski definition) is 1. The number of nitro groups is 1. The van der Waals surface area contributed by atoms with Gasteiger partial charge in [-0.25, -0.2) is 0 Å². The van der Waals surface area contributed by atoms with Crippen molar-refractivity contribution in [3.8, 4) is 0 Å². The Morgan fingerprint density at radius 1 is 1.82 bits per heavy atom. The van der Waals surface area contributed by atoms with Gasteiger partial charge in [0.15, 0.2) is 6.10 Å². The summed E-state index contributed by atoms with van der Waals surface area (Å²) in [4.78, 5) is 9.32. The van der Waals surface area contributed by atoms with Gasteiger partial charge in [0.1, 0.15) is 5.76 Å². The molecule has 0 saturated carbocycles. The van der Waals surface area contributed by atoms with Crippen molar-refractivity contribution in [1.82, 2.24) is 0 Å². The van der Waals surface area contributed by atoms with Crippen molar-refractivity contribution in [1.29, 1.82) is 0 Å². The van der Waals surface area contributed by atoms with Crippen LogP contribution in [0, 0.1) is 10.1 Å². The number of furan rings is 1. The molecule has 0 aliphatic heterocycles. The molecule has 1 atom stereocenters. The topological polar surface area (TPSA) is 76.5 Å². The Balaban J connectivity index is 2.56. The monoisotopic (exact) mass is 157 g/mol. The van der Waals surface area contributed by atoms with Gasteiger partial charge in [-0.05, 0) is 12.1 Å². The summed E-state index contributed by atoms with van der Waals surface area (Å²) in [5, 5.41) is 19.0. The van der Waals surface area contributed by atoms with Crippen LogP contribution in [0.4, 0.5) is 0 Å². The highest BCUT2D eigenvalue weighted by molar-refractivity contribution is 5.01. The standard InChI is InChI=1S/C6H7NO4/c8-5(4-7(9)10)6-2-1-3-11-6/h1-3,5,8H,4H2/t5-/m0/s1. The molecule has 1 rings (SSSR count). The van der Waals surface area contributed by atoms with Crippen molar-refractivity contribution in [3.63, 3.8) is 0 Å². The average molecular weight is 157 g/mol. The van der Waals surface area contributed by atoms with E-state index in [9.17, 15) is 10.1 Å². The van der Waals surface area contributed by atoms with E-state index in [1.807, 2.05) is 0 Å². The van der Waals surface area contributed by atoms with E-state index in [1.54, 1.807) is 6.07 Å². The van der Waals surface area contributed by atoms with E-state index in [4.69, 9.17) is 9.52 Å². The summed E-state index contributed by atoms with van der Waals surface area (Å²) in [5.74, 6) is 0.224. The molecule has 60 valence electrons. The summed E-state index contributed by atoms with van der Waals surface area (Å²) in [5.41, 5.74) is 0. The highest BCUT2D eigenvalue weighted by Gasteiger charge is 2.15. The second-order valence-corrected chi connectivity index (χ2v) is 2.05. The van der Waals surface area contributed by atoms with Crippen LogP contribution in [0.5, 0.6) is 0 Å². The van der Waals surface area contributed by atoms with Gasteiger partial charge in [-0.2, -0.15) is 0 Å². The van der Waals surface area contributed by atoms with Crippen LogP contribution in [0.2, 0.25) is 0 Å². The molecule has 0 unspecified atom stereocenters. The summed E-state index contributed by atoms with van der Waals surface area (Å²) in [7, 11) is 0. The Hall–Kier alpha value is -1.36. The van der Waals surface area contributed by atoms with Gasteiger partial charge in [0.25, 0.3) is 0 Å². The maximum atomic E-state index is 9.91. The molecule has 5 heteroatoms. The number of aliphatic hydroxyl groups is 1. The molecular formula is C6H7NO4. The van der Waals surface area contributed by atoms with E-state index in [-0.39, 0.29) is 5.76 Å². The SMILES string of the molecule is O=[N+]([O-])C[C@H](O)c1ccco1. The Kier molecular flexibility index (Phi) is 2.22. The lowest BCUT2D eigenvalue weighted by atomic mass is 10.3. The van der Waals surface area contributed by atoms with Crippen LogP contribution in [-0.4, -0.2) is 16.6 Å². The number of hydrogen-bond acceptors (Lipinski definition) is 4. The lowest BCUT2D eigenvalue weighted by Crippen LogP contribution is -2.10. The third-order valence-corrected chi connectivity index (χ3v) is 1.19. The number of aliphatic hydroxyl groups excluding tert-OH is 1. The average Bonchev–Trinajstić information content (AvgIpc) is 2.35. The molecule has 0 amide bonds. The molecule has 1 aromatic heterocycles. The third kappa shape index (κ3) is 2.05.